The predicted octanol–water partition coefficient (Wildman–Crippen LogP) is 5.84. The number of aryl methyl sites for hydroxylation is 2. The first-order chi connectivity index (χ1) is 12.1. The minimum atomic E-state index is 0.837. The largest absolute Gasteiger partial charge is 0.380 e. The van der Waals surface area contributed by atoms with E-state index in [0.717, 1.165) is 13.1 Å². The molecule has 0 bridgehead atoms. The van der Waals surface area contributed by atoms with E-state index in [0.29, 0.717) is 0 Å². The molecule has 0 saturated carbocycles. The molecule has 0 aliphatic carbocycles. The normalized spacial score (nSPS) is 10.5. The minimum absolute atomic E-state index is 0.837. The van der Waals surface area contributed by atoms with Gasteiger partial charge in [-0.25, -0.2) is 0 Å². The smallest absolute Gasteiger partial charge is 0.0423 e. The summed E-state index contributed by atoms with van der Waals surface area (Å²) < 4.78 is 0. The Kier molecular flexibility index (Phi) is 5.39. The van der Waals surface area contributed by atoms with E-state index in [1.165, 1.54) is 39.2 Å². The zero-order chi connectivity index (χ0) is 17.6. The van der Waals surface area contributed by atoms with Crippen LogP contribution in [0.5, 0.6) is 0 Å². The molecule has 0 saturated heterocycles. The van der Waals surface area contributed by atoms with Crippen LogP contribution in [-0.4, -0.2) is 0 Å². The van der Waals surface area contributed by atoms with Crippen molar-refractivity contribution in [3.05, 3.63) is 94.5 Å². The Labute approximate surface area is 150 Å². The number of rotatable bonds is 6. The first-order valence-electron chi connectivity index (χ1n) is 8.81. The number of hydrogen-bond acceptors (Lipinski definition) is 2. The molecule has 0 aromatic heterocycles. The highest BCUT2D eigenvalue weighted by atomic mass is 14.9. The molecule has 0 aliphatic heterocycles. The van der Waals surface area contributed by atoms with Crippen LogP contribution < -0.4 is 10.6 Å². The molecule has 2 nitrogen and oxygen atoms in total. The van der Waals surface area contributed by atoms with E-state index >= 15 is 0 Å². The van der Waals surface area contributed by atoms with Crippen molar-refractivity contribution in [2.45, 2.75) is 33.9 Å². The van der Waals surface area contributed by atoms with Crippen molar-refractivity contribution in [1.29, 1.82) is 0 Å². The van der Waals surface area contributed by atoms with Crippen LogP contribution in [0.25, 0.3) is 0 Å². The maximum Gasteiger partial charge on any atom is 0.0423 e. The quantitative estimate of drug-likeness (QED) is 0.593. The van der Waals surface area contributed by atoms with Crippen molar-refractivity contribution in [3.63, 3.8) is 0 Å². The molecule has 0 heterocycles. The summed E-state index contributed by atoms with van der Waals surface area (Å²) >= 11 is 0. The summed E-state index contributed by atoms with van der Waals surface area (Å²) in [5.41, 5.74) is 8.90. The van der Waals surface area contributed by atoms with Gasteiger partial charge in [0, 0.05) is 24.5 Å². The molecule has 0 spiro atoms. The van der Waals surface area contributed by atoms with Crippen molar-refractivity contribution in [1.82, 2.24) is 0 Å². The molecule has 25 heavy (non-hydrogen) atoms. The van der Waals surface area contributed by atoms with Gasteiger partial charge < -0.3 is 10.6 Å². The van der Waals surface area contributed by atoms with Crippen LogP contribution in [0.1, 0.15) is 27.8 Å². The third kappa shape index (κ3) is 4.21. The molecule has 2 N–H and O–H groups in total. The van der Waals surface area contributed by atoms with E-state index < -0.39 is 0 Å². The summed E-state index contributed by atoms with van der Waals surface area (Å²) in [6, 6.07) is 23.3. The molecule has 0 amide bonds. The molecule has 0 unspecified atom stereocenters. The Balaban J connectivity index is 1.79. The molecule has 0 aliphatic rings. The van der Waals surface area contributed by atoms with Crippen molar-refractivity contribution in [2.24, 2.45) is 0 Å². The standard InChI is InChI=1S/C23H26N2/c1-17-14-18(2)23(25-16-21-12-8-5-9-13-21)19(3)22(17)24-15-20-10-6-4-7-11-20/h4-14,24-25H,15-16H2,1-3H3. The summed E-state index contributed by atoms with van der Waals surface area (Å²) in [7, 11) is 0. The Morgan fingerprint density at radius 1 is 0.600 bits per heavy atom. The fourth-order valence-corrected chi connectivity index (χ4v) is 3.30. The first kappa shape index (κ1) is 17.1. The maximum absolute atomic E-state index is 3.62. The Morgan fingerprint density at radius 2 is 1.00 bits per heavy atom. The Morgan fingerprint density at radius 3 is 1.40 bits per heavy atom. The van der Waals surface area contributed by atoms with Gasteiger partial charge in [0.15, 0.2) is 0 Å². The van der Waals surface area contributed by atoms with Crippen molar-refractivity contribution < 1.29 is 0 Å². The second-order valence-electron chi connectivity index (χ2n) is 6.56. The SMILES string of the molecule is Cc1cc(C)c(NCc2ccccc2)c(C)c1NCc1ccccc1. The van der Waals surface area contributed by atoms with Crippen LogP contribution in [0.2, 0.25) is 0 Å². The van der Waals surface area contributed by atoms with Crippen LogP contribution in [0.15, 0.2) is 66.7 Å². The van der Waals surface area contributed by atoms with Gasteiger partial charge in [-0.15, -0.1) is 0 Å². The van der Waals surface area contributed by atoms with Crippen LogP contribution in [-0.2, 0) is 13.1 Å². The van der Waals surface area contributed by atoms with Crippen LogP contribution in [0.3, 0.4) is 0 Å². The third-order valence-electron chi connectivity index (χ3n) is 4.60. The molecule has 3 rings (SSSR count). The highest BCUT2D eigenvalue weighted by Gasteiger charge is 2.11. The van der Waals surface area contributed by atoms with Gasteiger partial charge >= 0.3 is 0 Å². The van der Waals surface area contributed by atoms with Crippen molar-refractivity contribution in [3.8, 4) is 0 Å². The average molecular weight is 330 g/mol. The van der Waals surface area contributed by atoms with E-state index in [2.05, 4.69) is 98.1 Å². The second-order valence-corrected chi connectivity index (χ2v) is 6.56. The van der Waals surface area contributed by atoms with Gasteiger partial charge in [0.05, 0.1) is 0 Å². The summed E-state index contributed by atoms with van der Waals surface area (Å²) in [5.74, 6) is 0. The van der Waals surface area contributed by atoms with Gasteiger partial charge in [-0.05, 0) is 48.6 Å². The van der Waals surface area contributed by atoms with Gasteiger partial charge in [-0.3, -0.25) is 0 Å². The predicted molar refractivity (Wildman–Crippen MR) is 108 cm³/mol. The molecule has 0 fully saturated rings. The summed E-state index contributed by atoms with van der Waals surface area (Å²) in [5, 5.41) is 7.25. The van der Waals surface area contributed by atoms with Gasteiger partial charge in [0.2, 0.25) is 0 Å². The zero-order valence-corrected chi connectivity index (χ0v) is 15.3. The summed E-state index contributed by atoms with van der Waals surface area (Å²) in [6.45, 7) is 8.22. The fraction of sp³-hybridized carbons (Fsp3) is 0.217. The first-order valence-corrected chi connectivity index (χ1v) is 8.81. The van der Waals surface area contributed by atoms with E-state index in [-0.39, 0.29) is 0 Å². The number of anilines is 2. The molecule has 3 aromatic carbocycles. The van der Waals surface area contributed by atoms with Crippen molar-refractivity contribution >= 4 is 11.4 Å². The molecular formula is C23H26N2. The average Bonchev–Trinajstić information content (AvgIpc) is 2.63. The topological polar surface area (TPSA) is 24.1 Å². The molecule has 0 atom stereocenters. The van der Waals surface area contributed by atoms with Gasteiger partial charge in [0.1, 0.15) is 0 Å². The van der Waals surface area contributed by atoms with Crippen LogP contribution >= 0.6 is 0 Å². The van der Waals surface area contributed by atoms with Gasteiger partial charge in [-0.2, -0.15) is 0 Å². The molecule has 128 valence electrons. The fourth-order valence-electron chi connectivity index (χ4n) is 3.30. The van der Waals surface area contributed by atoms with E-state index in [4.69, 9.17) is 0 Å². The third-order valence-corrected chi connectivity index (χ3v) is 4.60. The Bertz CT molecular complexity index is 756. The van der Waals surface area contributed by atoms with Gasteiger partial charge in [-0.1, -0.05) is 66.7 Å². The van der Waals surface area contributed by atoms with E-state index in [9.17, 15) is 0 Å². The van der Waals surface area contributed by atoms with E-state index in [1.54, 1.807) is 0 Å². The molecule has 0 radical (unpaired) electrons. The zero-order valence-electron chi connectivity index (χ0n) is 15.3. The number of nitrogens with one attached hydrogen (secondary N) is 2. The highest BCUT2D eigenvalue weighted by Crippen LogP contribution is 2.31. The lowest BCUT2D eigenvalue weighted by molar-refractivity contribution is 1.10. The number of hydrogen-bond donors (Lipinski definition) is 2. The van der Waals surface area contributed by atoms with Gasteiger partial charge in [0.25, 0.3) is 0 Å². The maximum atomic E-state index is 3.62. The Hall–Kier alpha value is -2.74. The monoisotopic (exact) mass is 330 g/mol. The molecule has 2 heteroatoms. The van der Waals surface area contributed by atoms with Crippen LogP contribution in [0, 0.1) is 20.8 Å². The van der Waals surface area contributed by atoms with Crippen LogP contribution in [0.4, 0.5) is 11.4 Å². The highest BCUT2D eigenvalue weighted by molar-refractivity contribution is 5.72. The summed E-state index contributed by atoms with van der Waals surface area (Å²) in [6.07, 6.45) is 0. The number of benzene rings is 3. The molecular weight excluding hydrogens is 304 g/mol. The lowest BCUT2D eigenvalue weighted by Crippen LogP contribution is -2.08. The second kappa shape index (κ2) is 7.89. The lowest BCUT2D eigenvalue weighted by atomic mass is 10.0. The van der Waals surface area contributed by atoms with E-state index in [1.807, 2.05) is 0 Å². The van der Waals surface area contributed by atoms with Crippen molar-refractivity contribution in [2.75, 3.05) is 10.6 Å². The lowest BCUT2D eigenvalue weighted by Gasteiger charge is -2.20. The molecule has 3 aromatic rings. The summed E-state index contributed by atoms with van der Waals surface area (Å²) in [4.78, 5) is 0. The minimum Gasteiger partial charge on any atom is -0.380 e.